The SMILES string of the molecule is CCOC(=O)c1[nH]c2cc3c(nc2c1NCCO[Si](C)(C)C(C)(C)C)CCC(C(C)(C)C)C3. The van der Waals surface area contributed by atoms with E-state index in [2.05, 4.69) is 71.0 Å². The van der Waals surface area contributed by atoms with Crippen LogP contribution in [0.2, 0.25) is 18.1 Å². The molecule has 33 heavy (non-hydrogen) atoms. The lowest BCUT2D eigenvalue weighted by Gasteiger charge is -2.36. The fourth-order valence-electron chi connectivity index (χ4n) is 4.23. The van der Waals surface area contributed by atoms with E-state index in [-0.39, 0.29) is 16.4 Å². The molecule has 1 unspecified atom stereocenters. The van der Waals surface area contributed by atoms with Crippen LogP contribution in [0.25, 0.3) is 11.0 Å². The molecule has 1 aliphatic carbocycles. The van der Waals surface area contributed by atoms with Crippen LogP contribution in [0.4, 0.5) is 5.69 Å². The van der Waals surface area contributed by atoms with Crippen molar-refractivity contribution in [2.24, 2.45) is 11.3 Å². The molecule has 2 aromatic heterocycles. The topological polar surface area (TPSA) is 76.2 Å². The van der Waals surface area contributed by atoms with Crippen molar-refractivity contribution in [3.63, 3.8) is 0 Å². The van der Waals surface area contributed by atoms with Gasteiger partial charge in [-0.25, -0.2) is 9.78 Å². The lowest BCUT2D eigenvalue weighted by Crippen LogP contribution is -2.41. The van der Waals surface area contributed by atoms with E-state index in [1.54, 1.807) is 0 Å². The van der Waals surface area contributed by atoms with Crippen molar-refractivity contribution in [2.75, 3.05) is 25.1 Å². The number of rotatable bonds is 7. The van der Waals surface area contributed by atoms with Crippen molar-refractivity contribution in [3.05, 3.63) is 23.0 Å². The Morgan fingerprint density at radius 3 is 2.55 bits per heavy atom. The van der Waals surface area contributed by atoms with E-state index in [4.69, 9.17) is 14.1 Å². The lowest BCUT2D eigenvalue weighted by molar-refractivity contribution is 0.0521. The Balaban J connectivity index is 1.87. The number of fused-ring (bicyclic) bond motifs is 2. The zero-order chi connectivity index (χ0) is 24.6. The Hall–Kier alpha value is -1.86. The third-order valence-electron chi connectivity index (χ3n) is 7.51. The molecule has 7 heteroatoms. The Morgan fingerprint density at radius 1 is 1.24 bits per heavy atom. The number of hydrogen-bond acceptors (Lipinski definition) is 5. The van der Waals surface area contributed by atoms with Gasteiger partial charge < -0.3 is 19.5 Å². The van der Waals surface area contributed by atoms with Crippen molar-refractivity contribution >= 4 is 31.0 Å². The smallest absolute Gasteiger partial charge is 0.357 e. The minimum absolute atomic E-state index is 0.162. The van der Waals surface area contributed by atoms with Crippen molar-refractivity contribution in [1.29, 1.82) is 0 Å². The largest absolute Gasteiger partial charge is 0.461 e. The zero-order valence-electron chi connectivity index (χ0n) is 22.1. The number of hydrogen-bond donors (Lipinski definition) is 2. The molecule has 0 aromatic carbocycles. The molecule has 2 aromatic rings. The standard InChI is InChI=1S/C26H43N3O3Si/c1-10-31-24(30)23-22(27-13-14-32-33(8,9)26(5,6)7)21-20(29-23)16-17-15-18(25(2,3)4)11-12-19(17)28-21/h16,18,27,29H,10-15H2,1-9H3. The molecule has 3 rings (SSSR count). The van der Waals surface area contributed by atoms with Crippen molar-refractivity contribution < 1.29 is 14.0 Å². The van der Waals surface area contributed by atoms with E-state index in [0.29, 0.717) is 31.4 Å². The maximum absolute atomic E-state index is 12.7. The van der Waals surface area contributed by atoms with Crippen LogP contribution in [0.1, 0.15) is 76.6 Å². The molecule has 0 amide bonds. The van der Waals surface area contributed by atoms with Crippen LogP contribution in [0.15, 0.2) is 6.07 Å². The van der Waals surface area contributed by atoms with Crippen LogP contribution in [0, 0.1) is 11.3 Å². The van der Waals surface area contributed by atoms with Gasteiger partial charge in [0.1, 0.15) is 5.52 Å². The summed E-state index contributed by atoms with van der Waals surface area (Å²) in [6.07, 6.45) is 3.15. The number of esters is 1. The summed E-state index contributed by atoms with van der Waals surface area (Å²) in [6.45, 7) is 21.5. The molecule has 0 aliphatic heterocycles. The molecule has 0 bridgehead atoms. The summed E-state index contributed by atoms with van der Waals surface area (Å²) >= 11 is 0. The lowest BCUT2D eigenvalue weighted by atomic mass is 9.71. The van der Waals surface area contributed by atoms with E-state index in [1.807, 2.05) is 6.92 Å². The van der Waals surface area contributed by atoms with Gasteiger partial charge in [-0.05, 0) is 67.3 Å². The van der Waals surface area contributed by atoms with Crippen LogP contribution in [0.3, 0.4) is 0 Å². The Labute approximate surface area is 200 Å². The molecular formula is C26H43N3O3Si. The molecule has 2 N–H and O–H groups in total. The number of ether oxygens (including phenoxy) is 1. The van der Waals surface area contributed by atoms with Crippen LogP contribution < -0.4 is 5.32 Å². The van der Waals surface area contributed by atoms with Gasteiger partial charge in [-0.3, -0.25) is 0 Å². The first-order chi connectivity index (χ1) is 15.2. The van der Waals surface area contributed by atoms with Gasteiger partial charge in [-0.15, -0.1) is 0 Å². The van der Waals surface area contributed by atoms with Gasteiger partial charge in [0.2, 0.25) is 0 Å². The Bertz CT molecular complexity index is 999. The summed E-state index contributed by atoms with van der Waals surface area (Å²) in [5.74, 6) is 0.280. The highest BCUT2D eigenvalue weighted by molar-refractivity contribution is 6.74. The number of H-pyrrole nitrogens is 1. The van der Waals surface area contributed by atoms with Gasteiger partial charge >= 0.3 is 5.97 Å². The van der Waals surface area contributed by atoms with Gasteiger partial charge in [0.05, 0.1) is 24.4 Å². The highest BCUT2D eigenvalue weighted by Gasteiger charge is 2.37. The van der Waals surface area contributed by atoms with Crippen LogP contribution in [-0.4, -0.2) is 44.0 Å². The van der Waals surface area contributed by atoms with Crippen molar-refractivity contribution in [1.82, 2.24) is 9.97 Å². The maximum Gasteiger partial charge on any atom is 0.357 e. The minimum atomic E-state index is -1.83. The number of pyridine rings is 1. The predicted octanol–water partition coefficient (Wildman–Crippen LogP) is 6.32. The second-order valence-electron chi connectivity index (χ2n) is 11.9. The first kappa shape index (κ1) is 25.8. The fourth-order valence-corrected chi connectivity index (χ4v) is 5.28. The van der Waals surface area contributed by atoms with Crippen molar-refractivity contribution in [2.45, 2.75) is 85.9 Å². The quantitative estimate of drug-likeness (QED) is 0.279. The molecule has 6 nitrogen and oxygen atoms in total. The van der Waals surface area contributed by atoms with E-state index >= 15 is 0 Å². The highest BCUT2D eigenvalue weighted by Crippen LogP contribution is 2.39. The second-order valence-corrected chi connectivity index (χ2v) is 16.7. The normalized spacial score (nSPS) is 17.2. The maximum atomic E-state index is 12.7. The van der Waals surface area contributed by atoms with Gasteiger partial charge in [-0.2, -0.15) is 0 Å². The third kappa shape index (κ3) is 5.62. The first-order valence-electron chi connectivity index (χ1n) is 12.3. The number of anilines is 1. The third-order valence-corrected chi connectivity index (χ3v) is 12.0. The fraction of sp³-hybridized carbons (Fsp3) is 0.692. The summed E-state index contributed by atoms with van der Waals surface area (Å²) in [7, 11) is -1.83. The van der Waals surface area contributed by atoms with Gasteiger partial charge in [0.15, 0.2) is 14.0 Å². The number of nitrogens with zero attached hydrogens (tertiary/aromatic N) is 1. The molecule has 2 heterocycles. The Kier molecular flexibility index (Phi) is 7.35. The van der Waals surface area contributed by atoms with E-state index < -0.39 is 8.32 Å². The van der Waals surface area contributed by atoms with Crippen LogP contribution >= 0.6 is 0 Å². The summed E-state index contributed by atoms with van der Waals surface area (Å²) < 4.78 is 11.6. The van der Waals surface area contributed by atoms with E-state index in [1.165, 1.54) is 5.56 Å². The van der Waals surface area contributed by atoms with Crippen molar-refractivity contribution in [3.8, 4) is 0 Å². The summed E-state index contributed by atoms with van der Waals surface area (Å²) in [5.41, 5.74) is 5.59. The molecule has 0 fully saturated rings. The second kappa shape index (κ2) is 9.41. The number of aromatic amines is 1. The highest BCUT2D eigenvalue weighted by atomic mass is 28.4. The number of aryl methyl sites for hydroxylation is 1. The number of carbonyl (C=O) groups is 1. The van der Waals surface area contributed by atoms with Gasteiger partial charge in [-0.1, -0.05) is 41.5 Å². The van der Waals surface area contributed by atoms with Crippen LogP contribution in [0.5, 0.6) is 0 Å². The monoisotopic (exact) mass is 473 g/mol. The molecule has 0 radical (unpaired) electrons. The van der Waals surface area contributed by atoms with Crippen LogP contribution in [-0.2, 0) is 22.0 Å². The Morgan fingerprint density at radius 2 is 1.94 bits per heavy atom. The average Bonchev–Trinajstić information content (AvgIpc) is 3.05. The first-order valence-corrected chi connectivity index (χ1v) is 15.2. The molecule has 184 valence electrons. The summed E-state index contributed by atoms with van der Waals surface area (Å²) in [6, 6.07) is 2.19. The number of aromatic nitrogens is 2. The van der Waals surface area contributed by atoms with Gasteiger partial charge in [0, 0.05) is 12.2 Å². The summed E-state index contributed by atoms with van der Waals surface area (Å²) in [5, 5.41) is 3.60. The van der Waals surface area contributed by atoms with E-state index in [9.17, 15) is 4.79 Å². The van der Waals surface area contributed by atoms with Gasteiger partial charge in [0.25, 0.3) is 0 Å². The number of carbonyl (C=O) groups excluding carboxylic acids is 1. The molecule has 0 saturated heterocycles. The summed E-state index contributed by atoms with van der Waals surface area (Å²) in [4.78, 5) is 21.0. The zero-order valence-corrected chi connectivity index (χ0v) is 23.1. The molecular weight excluding hydrogens is 430 g/mol. The molecule has 1 atom stereocenters. The average molecular weight is 474 g/mol. The van der Waals surface area contributed by atoms with E-state index in [0.717, 1.165) is 41.7 Å². The molecule has 0 spiro atoms. The molecule has 1 aliphatic rings. The number of nitrogens with one attached hydrogen (secondary N) is 2. The molecule has 0 saturated carbocycles. The minimum Gasteiger partial charge on any atom is -0.461 e. The predicted molar refractivity (Wildman–Crippen MR) is 139 cm³/mol.